The maximum Gasteiger partial charge on any atom is 0.430 e. The van der Waals surface area contributed by atoms with Crippen molar-refractivity contribution in [1.29, 1.82) is 0 Å². The van der Waals surface area contributed by atoms with Gasteiger partial charge in [0.25, 0.3) is 15.6 Å². The van der Waals surface area contributed by atoms with Gasteiger partial charge in [0.1, 0.15) is 11.4 Å². The number of amides is 2. The fourth-order valence-corrected chi connectivity index (χ4v) is 7.21. The number of hydrogen-bond donors (Lipinski definition) is 2. The van der Waals surface area contributed by atoms with Crippen molar-refractivity contribution < 1.29 is 58.6 Å². The molecular formula is C29H32F7N3O6S. The number of carbonyl (C=O) groups excluding carboxylic acids is 2. The predicted octanol–water partition coefficient (Wildman–Crippen LogP) is 5.16. The van der Waals surface area contributed by atoms with Crippen LogP contribution in [0.25, 0.3) is 0 Å². The van der Waals surface area contributed by atoms with Crippen molar-refractivity contribution in [2.75, 3.05) is 17.4 Å². The molecule has 0 aromatic heterocycles. The lowest BCUT2D eigenvalue weighted by Gasteiger charge is -2.39. The summed E-state index contributed by atoms with van der Waals surface area (Å²) in [5, 5.41) is 12.6. The zero-order chi connectivity index (χ0) is 34.5. The number of alkyl halides is 6. The first kappa shape index (κ1) is 35.3. The van der Waals surface area contributed by atoms with Crippen LogP contribution in [0.2, 0.25) is 0 Å². The molecule has 17 heteroatoms. The van der Waals surface area contributed by atoms with Crippen LogP contribution in [0.5, 0.6) is 0 Å². The van der Waals surface area contributed by atoms with E-state index in [0.29, 0.717) is 18.6 Å². The fraction of sp³-hybridized carbons (Fsp3) is 0.517. The van der Waals surface area contributed by atoms with Gasteiger partial charge in [-0.05, 0) is 75.9 Å². The Morgan fingerprint density at radius 3 is 2.15 bits per heavy atom. The second-order valence-electron chi connectivity index (χ2n) is 12.2. The Hall–Kier alpha value is -3.60. The summed E-state index contributed by atoms with van der Waals surface area (Å²) >= 11 is 0. The number of aliphatic hydroxyl groups is 1. The lowest BCUT2D eigenvalue weighted by atomic mass is 9.87. The molecule has 2 atom stereocenters. The minimum Gasteiger partial charge on any atom is -0.444 e. The van der Waals surface area contributed by atoms with Crippen LogP contribution in [-0.4, -0.2) is 73.6 Å². The highest BCUT2D eigenvalue weighted by Gasteiger charge is 2.71. The zero-order valence-electron chi connectivity index (χ0n) is 24.9. The van der Waals surface area contributed by atoms with Gasteiger partial charge in [0.15, 0.2) is 0 Å². The molecule has 0 bridgehead atoms. The number of alkyl carbamates (subject to hydrolysis) is 1. The van der Waals surface area contributed by atoms with Crippen LogP contribution in [0, 0.1) is 5.82 Å². The summed E-state index contributed by atoms with van der Waals surface area (Å²) < 4.78 is 129. The predicted molar refractivity (Wildman–Crippen MR) is 150 cm³/mol. The zero-order valence-corrected chi connectivity index (χ0v) is 25.7. The quantitative estimate of drug-likeness (QED) is 0.407. The maximum absolute atomic E-state index is 13.9. The van der Waals surface area contributed by atoms with Gasteiger partial charge >= 0.3 is 18.4 Å². The van der Waals surface area contributed by atoms with Gasteiger partial charge in [-0.1, -0.05) is 12.1 Å². The maximum atomic E-state index is 13.9. The highest BCUT2D eigenvalue weighted by molar-refractivity contribution is 7.92. The summed E-state index contributed by atoms with van der Waals surface area (Å²) in [6, 6.07) is 3.51. The van der Waals surface area contributed by atoms with Crippen molar-refractivity contribution in [2.45, 2.75) is 87.0 Å². The van der Waals surface area contributed by atoms with Gasteiger partial charge in [0.05, 0.1) is 22.7 Å². The first-order chi connectivity index (χ1) is 21.0. The standard InChI is InChI=1S/C29H32F7N3O6S/c1-26(2,3)45-25(41)37-20-12-13-38(16-20)24(40)15-21-8-4-17-14-18(27(42,28(31,32)33)29(34,35)36)5-11-23(17)39(21)46(43,44)22-9-6-19(30)7-10-22/h5-7,9-11,14,20-21,42H,4,8,12-13,15-16H2,1-3H3,(H,37,41)/t20-,21-/m0/s1. The van der Waals surface area contributed by atoms with Crippen molar-refractivity contribution in [2.24, 2.45) is 0 Å². The molecule has 2 N–H and O–H groups in total. The molecule has 1 saturated heterocycles. The van der Waals surface area contributed by atoms with E-state index in [1.54, 1.807) is 20.8 Å². The number of hydrogen-bond acceptors (Lipinski definition) is 6. The summed E-state index contributed by atoms with van der Waals surface area (Å²) in [7, 11) is -4.64. The van der Waals surface area contributed by atoms with Crippen molar-refractivity contribution in [1.82, 2.24) is 10.2 Å². The summed E-state index contributed by atoms with van der Waals surface area (Å²) in [4.78, 5) is 26.5. The van der Waals surface area contributed by atoms with Gasteiger partial charge in [-0.15, -0.1) is 0 Å². The number of ether oxygens (including phenoxy) is 1. The van der Waals surface area contributed by atoms with Crippen LogP contribution in [0.15, 0.2) is 47.4 Å². The van der Waals surface area contributed by atoms with E-state index in [1.165, 1.54) is 4.90 Å². The molecule has 1 fully saturated rings. The second-order valence-corrected chi connectivity index (χ2v) is 14.0. The Labute approximate surface area is 260 Å². The van der Waals surface area contributed by atoms with Gasteiger partial charge in [0, 0.05) is 25.1 Å². The van der Waals surface area contributed by atoms with E-state index in [9.17, 15) is 53.8 Å². The van der Waals surface area contributed by atoms with Gasteiger partial charge in [-0.3, -0.25) is 9.10 Å². The van der Waals surface area contributed by atoms with Crippen molar-refractivity contribution in [3.8, 4) is 0 Å². The number of sulfonamides is 1. The summed E-state index contributed by atoms with van der Waals surface area (Å²) in [6.45, 7) is 5.34. The SMILES string of the molecule is CC(C)(C)OC(=O)N[C@H]1CCN(C(=O)C[C@@H]2CCc3cc(C(O)(C(F)(F)F)C(F)(F)F)ccc3N2S(=O)(=O)c2ccc(F)cc2)C1. The fourth-order valence-electron chi connectivity index (χ4n) is 5.49. The normalized spacial score (nSPS) is 19.5. The van der Waals surface area contributed by atoms with E-state index in [-0.39, 0.29) is 37.2 Å². The number of rotatable bonds is 6. The third kappa shape index (κ3) is 7.04. The average Bonchev–Trinajstić information content (AvgIpc) is 3.38. The van der Waals surface area contributed by atoms with Gasteiger partial charge in [-0.2, -0.15) is 26.3 Å². The monoisotopic (exact) mass is 683 g/mol. The lowest BCUT2D eigenvalue weighted by molar-refractivity contribution is -0.376. The van der Waals surface area contributed by atoms with E-state index < -0.39 is 80.4 Å². The van der Waals surface area contributed by atoms with Gasteiger partial charge in [-0.25, -0.2) is 17.6 Å². The number of nitrogens with one attached hydrogen (secondary N) is 1. The molecule has 0 saturated carbocycles. The largest absolute Gasteiger partial charge is 0.444 e. The topological polar surface area (TPSA) is 116 Å². The summed E-state index contributed by atoms with van der Waals surface area (Å²) in [6.07, 6.45) is -13.5. The molecule has 2 aliphatic rings. The molecule has 0 radical (unpaired) electrons. The Kier molecular flexibility index (Phi) is 9.36. The molecular weight excluding hydrogens is 651 g/mol. The number of halogens is 7. The Morgan fingerprint density at radius 2 is 1.59 bits per heavy atom. The van der Waals surface area contributed by atoms with E-state index in [2.05, 4.69) is 5.32 Å². The van der Waals surface area contributed by atoms with Crippen molar-refractivity contribution >= 4 is 27.7 Å². The lowest BCUT2D eigenvalue weighted by Crippen LogP contribution is -2.54. The number of likely N-dealkylation sites (tertiary alicyclic amines) is 1. The van der Waals surface area contributed by atoms with Crippen LogP contribution < -0.4 is 9.62 Å². The van der Waals surface area contributed by atoms with Crippen molar-refractivity contribution in [3.05, 3.63) is 59.4 Å². The van der Waals surface area contributed by atoms with Crippen LogP contribution in [0.1, 0.15) is 51.2 Å². The number of fused-ring (bicyclic) bond motifs is 1. The van der Waals surface area contributed by atoms with Crippen LogP contribution in [0.3, 0.4) is 0 Å². The molecule has 0 aliphatic carbocycles. The first-order valence-corrected chi connectivity index (χ1v) is 15.5. The molecule has 0 unspecified atom stereocenters. The highest BCUT2D eigenvalue weighted by atomic mass is 32.2. The molecule has 9 nitrogen and oxygen atoms in total. The Balaban J connectivity index is 1.66. The second kappa shape index (κ2) is 12.2. The smallest absolute Gasteiger partial charge is 0.430 e. The molecule has 4 rings (SSSR count). The molecule has 2 amide bonds. The number of benzene rings is 2. The molecule has 2 aromatic rings. The molecule has 46 heavy (non-hydrogen) atoms. The van der Waals surface area contributed by atoms with Crippen LogP contribution in [-0.2, 0) is 31.6 Å². The Bertz CT molecular complexity index is 1560. The van der Waals surface area contributed by atoms with Crippen molar-refractivity contribution in [3.63, 3.8) is 0 Å². The van der Waals surface area contributed by atoms with Gasteiger partial charge < -0.3 is 20.1 Å². The highest BCUT2D eigenvalue weighted by Crippen LogP contribution is 2.51. The Morgan fingerprint density at radius 1 is 0.978 bits per heavy atom. The molecule has 2 heterocycles. The molecule has 254 valence electrons. The van der Waals surface area contributed by atoms with E-state index >= 15 is 0 Å². The third-order valence-electron chi connectivity index (χ3n) is 7.68. The van der Waals surface area contributed by atoms with Crippen LogP contribution >= 0.6 is 0 Å². The molecule has 0 spiro atoms. The number of nitrogens with zero attached hydrogens (tertiary/aromatic N) is 2. The first-order valence-electron chi connectivity index (χ1n) is 14.1. The number of aryl methyl sites for hydroxylation is 1. The summed E-state index contributed by atoms with van der Waals surface area (Å²) in [5.74, 6) is -1.28. The van der Waals surface area contributed by atoms with E-state index in [1.807, 2.05) is 0 Å². The number of anilines is 1. The molecule has 2 aromatic carbocycles. The summed E-state index contributed by atoms with van der Waals surface area (Å²) in [5.41, 5.74) is -8.09. The minimum atomic E-state index is -6.16. The van der Waals surface area contributed by atoms with E-state index in [4.69, 9.17) is 4.74 Å². The third-order valence-corrected chi connectivity index (χ3v) is 9.56. The number of carbonyl (C=O) groups is 2. The average molecular weight is 684 g/mol. The minimum absolute atomic E-state index is 0.0862. The van der Waals surface area contributed by atoms with E-state index in [0.717, 1.165) is 34.6 Å². The van der Waals surface area contributed by atoms with Crippen LogP contribution in [0.4, 0.5) is 41.2 Å². The van der Waals surface area contributed by atoms with Gasteiger partial charge in [0.2, 0.25) is 5.91 Å². The molecule has 2 aliphatic heterocycles.